The van der Waals surface area contributed by atoms with E-state index in [-0.39, 0.29) is 24.7 Å². The van der Waals surface area contributed by atoms with Gasteiger partial charge in [-0.25, -0.2) is 0 Å². The van der Waals surface area contributed by atoms with Gasteiger partial charge in [0.15, 0.2) is 0 Å². The molecule has 0 amide bonds. The first-order valence-corrected chi connectivity index (χ1v) is 6.30. The van der Waals surface area contributed by atoms with E-state index in [2.05, 4.69) is 4.74 Å². The third kappa shape index (κ3) is 4.35. The van der Waals surface area contributed by atoms with Gasteiger partial charge >= 0.3 is 12.6 Å². The normalized spacial score (nSPS) is 10.6. The van der Waals surface area contributed by atoms with Gasteiger partial charge in [-0.05, 0) is 31.0 Å². The smallest absolute Gasteiger partial charge is 0.387 e. The fraction of sp³-hybridized carbons (Fsp3) is 0.462. The second-order valence-electron chi connectivity index (χ2n) is 3.83. The molecule has 1 rings (SSSR count). The summed E-state index contributed by atoms with van der Waals surface area (Å²) in [7, 11) is 0. The number of alkyl halides is 3. The van der Waals surface area contributed by atoms with Gasteiger partial charge in [0.25, 0.3) is 0 Å². The molecule has 0 aliphatic rings. The zero-order valence-corrected chi connectivity index (χ0v) is 11.5. The maximum atomic E-state index is 12.4. The summed E-state index contributed by atoms with van der Waals surface area (Å²) in [6.45, 7) is 0.740. The quantitative estimate of drug-likeness (QED) is 0.595. The first-order chi connectivity index (χ1) is 8.99. The molecule has 0 heterocycles. The van der Waals surface area contributed by atoms with Crippen LogP contribution in [-0.2, 0) is 21.8 Å². The van der Waals surface area contributed by atoms with Crippen LogP contribution in [0.4, 0.5) is 8.78 Å². The third-order valence-corrected chi connectivity index (χ3v) is 2.87. The highest BCUT2D eigenvalue weighted by atomic mass is 35.5. The second-order valence-corrected chi connectivity index (χ2v) is 4.10. The van der Waals surface area contributed by atoms with E-state index >= 15 is 0 Å². The lowest BCUT2D eigenvalue weighted by molar-refractivity contribution is -0.142. The molecule has 0 fully saturated rings. The van der Waals surface area contributed by atoms with Crippen LogP contribution >= 0.6 is 11.6 Å². The maximum absolute atomic E-state index is 12.4. The Hall–Kier alpha value is -1.36. The summed E-state index contributed by atoms with van der Waals surface area (Å²) in [6, 6.07) is 3.04. The van der Waals surface area contributed by atoms with Gasteiger partial charge in [-0.2, -0.15) is 8.78 Å². The first-order valence-electron chi connectivity index (χ1n) is 5.77. The lowest BCUT2D eigenvalue weighted by atomic mass is 9.99. The van der Waals surface area contributed by atoms with E-state index in [0.717, 1.165) is 5.56 Å². The molecule has 1 aromatic rings. The number of hydrogen-bond donors (Lipinski definition) is 0. The number of carbonyl (C=O) groups excluding carboxylic acids is 1. The Morgan fingerprint density at radius 1 is 1.37 bits per heavy atom. The lowest BCUT2D eigenvalue weighted by Crippen LogP contribution is -2.13. The fourth-order valence-electron chi connectivity index (χ4n) is 1.73. The van der Waals surface area contributed by atoms with E-state index in [0.29, 0.717) is 11.1 Å². The monoisotopic (exact) mass is 292 g/mol. The highest BCUT2D eigenvalue weighted by molar-refractivity contribution is 6.17. The Labute approximate surface area is 115 Å². The summed E-state index contributed by atoms with van der Waals surface area (Å²) in [5.74, 6) is -0.427. The van der Waals surface area contributed by atoms with Crippen molar-refractivity contribution in [2.45, 2.75) is 32.8 Å². The number of ether oxygens (including phenoxy) is 2. The van der Waals surface area contributed by atoms with Gasteiger partial charge in [-0.1, -0.05) is 6.07 Å². The maximum Gasteiger partial charge on any atom is 0.387 e. The van der Waals surface area contributed by atoms with Gasteiger partial charge in [0.2, 0.25) is 0 Å². The molecule has 0 aliphatic carbocycles. The average Bonchev–Trinajstić information content (AvgIpc) is 2.33. The van der Waals surface area contributed by atoms with E-state index in [9.17, 15) is 13.6 Å². The van der Waals surface area contributed by atoms with Crippen molar-refractivity contribution in [2.75, 3.05) is 6.61 Å². The van der Waals surface area contributed by atoms with Crippen LogP contribution in [0.3, 0.4) is 0 Å². The first kappa shape index (κ1) is 15.7. The van der Waals surface area contributed by atoms with Crippen LogP contribution in [0.15, 0.2) is 12.1 Å². The van der Waals surface area contributed by atoms with Gasteiger partial charge < -0.3 is 9.47 Å². The summed E-state index contributed by atoms with van der Waals surface area (Å²) in [5.41, 5.74) is 1.79. The molecule has 0 N–H and O–H groups in total. The van der Waals surface area contributed by atoms with Gasteiger partial charge in [0.05, 0.1) is 13.0 Å². The van der Waals surface area contributed by atoms with Gasteiger partial charge in [0, 0.05) is 11.4 Å². The van der Waals surface area contributed by atoms with Gasteiger partial charge in [0.1, 0.15) is 5.75 Å². The SMILES string of the molecule is CCOC(=O)Cc1c(OC(F)F)ccc(C)c1CCl. The van der Waals surface area contributed by atoms with Crippen molar-refractivity contribution < 1.29 is 23.0 Å². The molecule has 0 saturated heterocycles. The summed E-state index contributed by atoms with van der Waals surface area (Å²) in [4.78, 5) is 11.5. The van der Waals surface area contributed by atoms with Crippen molar-refractivity contribution in [3.8, 4) is 5.75 Å². The van der Waals surface area contributed by atoms with Crippen LogP contribution < -0.4 is 4.74 Å². The number of rotatable bonds is 6. The summed E-state index contributed by atoms with van der Waals surface area (Å²) in [5, 5.41) is 0. The molecule has 106 valence electrons. The molecule has 0 unspecified atom stereocenters. The van der Waals surface area contributed by atoms with Crippen molar-refractivity contribution in [2.24, 2.45) is 0 Å². The molecule has 0 saturated carbocycles. The minimum Gasteiger partial charge on any atom is -0.466 e. The minimum atomic E-state index is -2.95. The minimum absolute atomic E-state index is 0.0377. The summed E-state index contributed by atoms with van der Waals surface area (Å²) >= 11 is 5.81. The lowest BCUT2D eigenvalue weighted by Gasteiger charge is -2.15. The molecular weight excluding hydrogens is 278 g/mol. The Morgan fingerprint density at radius 3 is 2.58 bits per heavy atom. The van der Waals surface area contributed by atoms with Crippen molar-refractivity contribution in [3.63, 3.8) is 0 Å². The molecule has 0 aliphatic heterocycles. The summed E-state index contributed by atoms with van der Waals surface area (Å²) in [6.07, 6.45) is -0.139. The highest BCUT2D eigenvalue weighted by Gasteiger charge is 2.18. The van der Waals surface area contributed by atoms with Gasteiger partial charge in [-0.3, -0.25) is 4.79 Å². The van der Waals surface area contributed by atoms with Crippen LogP contribution in [0.1, 0.15) is 23.6 Å². The zero-order chi connectivity index (χ0) is 14.4. The second kappa shape index (κ2) is 7.28. The Balaban J connectivity index is 3.13. The van der Waals surface area contributed by atoms with Crippen molar-refractivity contribution in [3.05, 3.63) is 28.8 Å². The number of hydrogen-bond acceptors (Lipinski definition) is 3. The zero-order valence-electron chi connectivity index (χ0n) is 10.7. The molecule has 0 radical (unpaired) electrons. The third-order valence-electron chi connectivity index (χ3n) is 2.60. The molecule has 1 aromatic carbocycles. The number of benzene rings is 1. The van der Waals surface area contributed by atoms with E-state index in [1.54, 1.807) is 19.9 Å². The van der Waals surface area contributed by atoms with E-state index in [1.165, 1.54) is 6.07 Å². The number of halogens is 3. The Morgan fingerprint density at radius 2 is 2.05 bits per heavy atom. The van der Waals surface area contributed by atoms with E-state index in [4.69, 9.17) is 16.3 Å². The molecule has 6 heteroatoms. The molecule has 0 atom stereocenters. The van der Waals surface area contributed by atoms with E-state index < -0.39 is 12.6 Å². The van der Waals surface area contributed by atoms with Crippen molar-refractivity contribution >= 4 is 17.6 Å². The summed E-state index contributed by atoms with van der Waals surface area (Å²) < 4.78 is 33.9. The molecular formula is C13H15ClF2O3. The number of aryl methyl sites for hydroxylation is 1. The van der Waals surface area contributed by atoms with Crippen molar-refractivity contribution in [1.82, 2.24) is 0 Å². The highest BCUT2D eigenvalue weighted by Crippen LogP contribution is 2.29. The van der Waals surface area contributed by atoms with Gasteiger partial charge in [-0.15, -0.1) is 11.6 Å². The molecule has 3 nitrogen and oxygen atoms in total. The standard InChI is InChI=1S/C13H15ClF2O3/c1-3-18-12(17)6-9-10(7-14)8(2)4-5-11(9)19-13(15)16/h4-5,13H,3,6-7H2,1-2H3. The predicted molar refractivity (Wildman–Crippen MR) is 67.7 cm³/mol. The van der Waals surface area contributed by atoms with Crippen LogP contribution in [0.5, 0.6) is 5.75 Å². The largest absolute Gasteiger partial charge is 0.466 e. The number of carbonyl (C=O) groups is 1. The fourth-order valence-corrected chi connectivity index (χ4v) is 2.10. The van der Waals surface area contributed by atoms with Crippen LogP contribution in [0, 0.1) is 6.92 Å². The van der Waals surface area contributed by atoms with Crippen LogP contribution in [-0.4, -0.2) is 19.2 Å². The van der Waals surface area contributed by atoms with Crippen LogP contribution in [0.25, 0.3) is 0 Å². The Bertz CT molecular complexity index is 450. The topological polar surface area (TPSA) is 35.5 Å². The molecule has 0 bridgehead atoms. The van der Waals surface area contributed by atoms with Crippen LogP contribution in [0.2, 0.25) is 0 Å². The predicted octanol–water partition coefficient (Wildman–Crippen LogP) is 3.44. The molecule has 0 aromatic heterocycles. The Kier molecular flexibility index (Phi) is 6.02. The number of esters is 1. The molecule has 19 heavy (non-hydrogen) atoms. The average molecular weight is 293 g/mol. The van der Waals surface area contributed by atoms with Crippen molar-refractivity contribution in [1.29, 1.82) is 0 Å². The van der Waals surface area contributed by atoms with E-state index in [1.807, 2.05) is 0 Å². The molecule has 0 spiro atoms.